The van der Waals surface area contributed by atoms with Gasteiger partial charge < -0.3 is 10.6 Å². The zero-order valence-electron chi connectivity index (χ0n) is 12.7. The molecular weight excluding hydrogens is 272 g/mol. The Balaban J connectivity index is 1.94. The molecular formula is C14H24N4OS. The Hall–Kier alpha value is -0.980. The van der Waals surface area contributed by atoms with Gasteiger partial charge in [0, 0.05) is 17.5 Å². The highest BCUT2D eigenvalue weighted by Gasteiger charge is 2.27. The molecule has 2 N–H and O–H groups in total. The monoisotopic (exact) mass is 296 g/mol. The first-order valence-electron chi connectivity index (χ1n) is 7.17. The topological polar surface area (TPSA) is 57.3 Å². The van der Waals surface area contributed by atoms with E-state index >= 15 is 0 Å². The summed E-state index contributed by atoms with van der Waals surface area (Å²) in [6, 6.07) is 0.374. The number of carbonyl (C=O) groups is 1. The van der Waals surface area contributed by atoms with Crippen LogP contribution in [-0.2, 0) is 4.79 Å². The van der Waals surface area contributed by atoms with Crippen LogP contribution >= 0.6 is 11.3 Å². The van der Waals surface area contributed by atoms with E-state index < -0.39 is 0 Å². The smallest absolute Gasteiger partial charge is 0.243 e. The lowest BCUT2D eigenvalue weighted by atomic mass is 10.0. The predicted octanol–water partition coefficient (Wildman–Crippen LogP) is 1.77. The Morgan fingerprint density at radius 2 is 2.25 bits per heavy atom. The lowest BCUT2D eigenvalue weighted by Gasteiger charge is -2.35. The average molecular weight is 296 g/mol. The molecule has 2 unspecified atom stereocenters. The minimum Gasteiger partial charge on any atom is -0.316 e. The van der Waals surface area contributed by atoms with E-state index in [-0.39, 0.29) is 11.9 Å². The van der Waals surface area contributed by atoms with Crippen molar-refractivity contribution >= 4 is 22.4 Å². The molecule has 1 aliphatic heterocycles. The van der Waals surface area contributed by atoms with Crippen molar-refractivity contribution in [2.24, 2.45) is 0 Å². The number of rotatable bonds is 4. The van der Waals surface area contributed by atoms with E-state index in [4.69, 9.17) is 0 Å². The SMILES string of the molecule is CNC1CCCN(C(C)C(=O)Nc2nc(C)c(C)s2)C1. The number of likely N-dealkylation sites (tertiary alicyclic amines) is 1. The van der Waals surface area contributed by atoms with Crippen LogP contribution < -0.4 is 10.6 Å². The first kappa shape index (κ1) is 15.4. The number of likely N-dealkylation sites (N-methyl/N-ethyl adjacent to an activating group) is 1. The van der Waals surface area contributed by atoms with Gasteiger partial charge in [0.05, 0.1) is 11.7 Å². The molecule has 5 nitrogen and oxygen atoms in total. The number of aromatic nitrogens is 1. The van der Waals surface area contributed by atoms with Gasteiger partial charge in [-0.15, -0.1) is 11.3 Å². The molecule has 0 radical (unpaired) electrons. The first-order chi connectivity index (χ1) is 9.51. The van der Waals surface area contributed by atoms with E-state index in [2.05, 4.69) is 20.5 Å². The van der Waals surface area contributed by atoms with Crippen molar-refractivity contribution in [3.8, 4) is 0 Å². The molecule has 2 rings (SSSR count). The molecule has 1 aromatic heterocycles. The normalized spacial score (nSPS) is 21.7. The van der Waals surface area contributed by atoms with Gasteiger partial charge in [0.2, 0.25) is 5.91 Å². The lowest BCUT2D eigenvalue weighted by molar-refractivity contribution is -0.121. The first-order valence-corrected chi connectivity index (χ1v) is 7.99. The fraction of sp³-hybridized carbons (Fsp3) is 0.714. The van der Waals surface area contributed by atoms with E-state index in [0.717, 1.165) is 30.1 Å². The Bertz CT molecular complexity index is 454. The van der Waals surface area contributed by atoms with Gasteiger partial charge in [-0.05, 0) is 47.2 Å². The number of thiazole rings is 1. The van der Waals surface area contributed by atoms with Crippen LogP contribution in [0.4, 0.5) is 5.13 Å². The zero-order valence-corrected chi connectivity index (χ0v) is 13.5. The van der Waals surface area contributed by atoms with Crippen LogP contribution in [0.3, 0.4) is 0 Å². The third-order valence-corrected chi connectivity index (χ3v) is 5.04. The highest BCUT2D eigenvalue weighted by molar-refractivity contribution is 7.15. The predicted molar refractivity (Wildman–Crippen MR) is 83.3 cm³/mol. The number of nitrogens with zero attached hydrogens (tertiary/aromatic N) is 2. The standard InChI is InChI=1S/C14H24N4OS/c1-9-11(3)20-14(16-9)17-13(19)10(2)18-7-5-6-12(8-18)15-4/h10,12,15H,5-8H2,1-4H3,(H,16,17,19). The largest absolute Gasteiger partial charge is 0.316 e. The second-order valence-corrected chi connectivity index (χ2v) is 6.65. The summed E-state index contributed by atoms with van der Waals surface area (Å²) < 4.78 is 0. The summed E-state index contributed by atoms with van der Waals surface area (Å²) in [5.74, 6) is 0.0375. The van der Waals surface area contributed by atoms with Crippen LogP contribution in [0.5, 0.6) is 0 Å². The second-order valence-electron chi connectivity index (χ2n) is 5.45. The molecule has 0 aliphatic carbocycles. The lowest BCUT2D eigenvalue weighted by Crippen LogP contribution is -2.51. The van der Waals surface area contributed by atoms with Crippen molar-refractivity contribution in [3.63, 3.8) is 0 Å². The summed E-state index contributed by atoms with van der Waals surface area (Å²) in [5.41, 5.74) is 0.992. The number of hydrogen-bond donors (Lipinski definition) is 2. The summed E-state index contributed by atoms with van der Waals surface area (Å²) >= 11 is 1.54. The maximum absolute atomic E-state index is 12.3. The van der Waals surface area contributed by atoms with E-state index in [9.17, 15) is 4.79 Å². The summed E-state index contributed by atoms with van der Waals surface area (Å²) in [7, 11) is 1.99. The maximum atomic E-state index is 12.3. The van der Waals surface area contributed by atoms with E-state index in [1.807, 2.05) is 27.8 Å². The number of nitrogens with one attached hydrogen (secondary N) is 2. The fourth-order valence-corrected chi connectivity index (χ4v) is 3.31. The zero-order chi connectivity index (χ0) is 14.7. The van der Waals surface area contributed by atoms with Crippen LogP contribution in [0, 0.1) is 13.8 Å². The molecule has 0 saturated carbocycles. The molecule has 112 valence electrons. The van der Waals surface area contributed by atoms with Gasteiger partial charge in [-0.3, -0.25) is 9.69 Å². The number of amides is 1. The van der Waals surface area contributed by atoms with Gasteiger partial charge in [-0.2, -0.15) is 0 Å². The van der Waals surface area contributed by atoms with Crippen molar-refractivity contribution < 1.29 is 4.79 Å². The highest BCUT2D eigenvalue weighted by atomic mass is 32.1. The summed E-state index contributed by atoms with van der Waals surface area (Å²) in [6.07, 6.45) is 2.32. The number of aryl methyl sites for hydroxylation is 2. The molecule has 0 bridgehead atoms. The van der Waals surface area contributed by atoms with Crippen molar-refractivity contribution in [1.82, 2.24) is 15.2 Å². The number of carbonyl (C=O) groups excluding carboxylic acids is 1. The van der Waals surface area contributed by atoms with Crippen LogP contribution in [0.15, 0.2) is 0 Å². The van der Waals surface area contributed by atoms with E-state index in [0.29, 0.717) is 11.2 Å². The van der Waals surface area contributed by atoms with E-state index in [1.165, 1.54) is 17.8 Å². The maximum Gasteiger partial charge on any atom is 0.243 e. The minimum absolute atomic E-state index is 0.0375. The molecule has 2 heterocycles. The summed E-state index contributed by atoms with van der Waals surface area (Å²) in [6.45, 7) is 7.88. The Kier molecular flexibility index (Phi) is 5.12. The van der Waals surface area contributed by atoms with Crippen molar-refractivity contribution in [2.45, 2.75) is 45.7 Å². The van der Waals surface area contributed by atoms with Gasteiger partial charge in [-0.25, -0.2) is 4.98 Å². The minimum atomic E-state index is -0.115. The second kappa shape index (κ2) is 6.65. The van der Waals surface area contributed by atoms with Crippen molar-refractivity contribution in [1.29, 1.82) is 0 Å². The van der Waals surface area contributed by atoms with Crippen LogP contribution in [0.2, 0.25) is 0 Å². The number of anilines is 1. The Morgan fingerprint density at radius 3 is 2.85 bits per heavy atom. The molecule has 1 amide bonds. The summed E-state index contributed by atoms with van der Waals surface area (Å²) in [4.78, 5) is 20.1. The van der Waals surface area contributed by atoms with Crippen LogP contribution in [-0.4, -0.2) is 48.0 Å². The number of hydrogen-bond acceptors (Lipinski definition) is 5. The van der Waals surface area contributed by atoms with Gasteiger partial charge in [0.1, 0.15) is 0 Å². The van der Waals surface area contributed by atoms with Gasteiger partial charge >= 0.3 is 0 Å². The van der Waals surface area contributed by atoms with Crippen LogP contribution in [0.25, 0.3) is 0 Å². The highest BCUT2D eigenvalue weighted by Crippen LogP contribution is 2.22. The molecule has 0 aromatic carbocycles. The van der Waals surface area contributed by atoms with Gasteiger partial charge in [0.15, 0.2) is 5.13 Å². The van der Waals surface area contributed by atoms with Crippen LogP contribution in [0.1, 0.15) is 30.3 Å². The molecule has 1 aromatic rings. The molecule has 1 aliphatic rings. The molecule has 2 atom stereocenters. The van der Waals surface area contributed by atoms with Gasteiger partial charge in [-0.1, -0.05) is 0 Å². The molecule has 1 saturated heterocycles. The van der Waals surface area contributed by atoms with Gasteiger partial charge in [0.25, 0.3) is 0 Å². The molecule has 6 heteroatoms. The molecule has 20 heavy (non-hydrogen) atoms. The average Bonchev–Trinajstić information content (AvgIpc) is 2.76. The van der Waals surface area contributed by atoms with E-state index in [1.54, 1.807) is 0 Å². The van der Waals surface area contributed by atoms with Crippen molar-refractivity contribution in [2.75, 3.05) is 25.5 Å². The quantitative estimate of drug-likeness (QED) is 0.889. The Morgan fingerprint density at radius 1 is 1.50 bits per heavy atom. The summed E-state index contributed by atoms with van der Waals surface area (Å²) in [5, 5.41) is 6.95. The molecule has 0 spiro atoms. The Labute approximate surface area is 124 Å². The fourth-order valence-electron chi connectivity index (χ4n) is 2.50. The third-order valence-electron chi connectivity index (χ3n) is 4.05. The van der Waals surface area contributed by atoms with Crippen molar-refractivity contribution in [3.05, 3.63) is 10.6 Å². The third kappa shape index (κ3) is 3.56. The number of piperidine rings is 1. The molecule has 1 fully saturated rings.